The van der Waals surface area contributed by atoms with Gasteiger partial charge in [0.05, 0.1) is 33.8 Å². The van der Waals surface area contributed by atoms with Crippen LogP contribution in [0.25, 0.3) is 71.9 Å². The quantitative estimate of drug-likeness (QED) is 0.185. The van der Waals surface area contributed by atoms with Crippen molar-refractivity contribution in [1.29, 1.82) is 0 Å². The maximum atomic E-state index is 5.25. The molecule has 7 aromatic carbocycles. The van der Waals surface area contributed by atoms with Crippen LogP contribution in [0.3, 0.4) is 0 Å². The van der Waals surface area contributed by atoms with E-state index in [9.17, 15) is 0 Å². The molecular formula is C45H29N3. The van der Waals surface area contributed by atoms with Crippen molar-refractivity contribution in [3.63, 3.8) is 0 Å². The summed E-state index contributed by atoms with van der Waals surface area (Å²) in [7, 11) is 0. The molecule has 9 aromatic rings. The van der Waals surface area contributed by atoms with Crippen LogP contribution >= 0.6 is 0 Å². The summed E-state index contributed by atoms with van der Waals surface area (Å²) in [5, 5.41) is 4.78. The number of hydrogen-bond acceptors (Lipinski definition) is 2. The van der Waals surface area contributed by atoms with Crippen LogP contribution in [0.2, 0.25) is 0 Å². The molecule has 1 aliphatic heterocycles. The number of fused-ring (bicyclic) bond motifs is 10. The maximum absolute atomic E-state index is 5.25. The number of anilines is 3. The summed E-state index contributed by atoms with van der Waals surface area (Å²) in [6.07, 6.45) is 0. The highest BCUT2D eigenvalue weighted by atomic mass is 15.2. The first-order chi connectivity index (χ1) is 23.8. The molecule has 224 valence electrons. The second-order valence-corrected chi connectivity index (χ2v) is 12.4. The van der Waals surface area contributed by atoms with Gasteiger partial charge in [-0.1, -0.05) is 127 Å². The number of pyridine rings is 1. The maximum Gasteiger partial charge on any atom is 0.0788 e. The zero-order valence-corrected chi connectivity index (χ0v) is 26.1. The van der Waals surface area contributed by atoms with Gasteiger partial charge in [0, 0.05) is 49.8 Å². The van der Waals surface area contributed by atoms with Gasteiger partial charge in [0.25, 0.3) is 0 Å². The number of rotatable bonds is 3. The van der Waals surface area contributed by atoms with Crippen molar-refractivity contribution in [1.82, 2.24) is 9.55 Å². The molecule has 0 bridgehead atoms. The topological polar surface area (TPSA) is 21.1 Å². The number of benzene rings is 7. The highest BCUT2D eigenvalue weighted by Gasteiger charge is 2.31. The van der Waals surface area contributed by atoms with Crippen LogP contribution in [-0.4, -0.2) is 9.55 Å². The van der Waals surface area contributed by atoms with Gasteiger partial charge in [0.2, 0.25) is 0 Å². The van der Waals surface area contributed by atoms with Crippen LogP contribution < -0.4 is 4.90 Å². The molecule has 0 saturated carbocycles. The van der Waals surface area contributed by atoms with Gasteiger partial charge in [-0.25, -0.2) is 4.98 Å². The molecule has 3 heterocycles. The first-order valence-corrected chi connectivity index (χ1v) is 16.4. The predicted octanol–water partition coefficient (Wildman–Crippen LogP) is 12.1. The molecule has 0 spiro atoms. The SMILES string of the molecule is c1ccc(-n2c3c(c4ccccc42)-c2ccccc2N(c2cccc(-c4nc5ccccc5c5ccccc45)c2)c2ccccc2-3)cc1. The smallest absolute Gasteiger partial charge is 0.0788 e. The fraction of sp³-hybridized carbons (Fsp3) is 0. The second-order valence-electron chi connectivity index (χ2n) is 12.4. The number of hydrogen-bond donors (Lipinski definition) is 0. The molecule has 0 fully saturated rings. The third-order valence-electron chi connectivity index (χ3n) is 9.69. The molecule has 1 aliphatic rings. The Bertz CT molecular complexity index is 2690. The fourth-order valence-corrected chi connectivity index (χ4v) is 7.69. The Morgan fingerprint density at radius 2 is 1.02 bits per heavy atom. The summed E-state index contributed by atoms with van der Waals surface area (Å²) in [6, 6.07) is 63.1. The highest BCUT2D eigenvalue weighted by Crippen LogP contribution is 2.54. The lowest BCUT2D eigenvalue weighted by Crippen LogP contribution is -2.11. The van der Waals surface area contributed by atoms with Crippen molar-refractivity contribution >= 4 is 49.6 Å². The molecule has 0 radical (unpaired) electrons. The van der Waals surface area contributed by atoms with E-state index in [1.54, 1.807) is 0 Å². The van der Waals surface area contributed by atoms with Gasteiger partial charge in [0.1, 0.15) is 0 Å². The Hall–Kier alpha value is -6.45. The molecule has 0 aliphatic carbocycles. The van der Waals surface area contributed by atoms with Crippen molar-refractivity contribution in [2.45, 2.75) is 0 Å². The van der Waals surface area contributed by atoms with Gasteiger partial charge in [-0.05, 0) is 53.9 Å². The predicted molar refractivity (Wildman–Crippen MR) is 201 cm³/mol. The molecule has 0 saturated heterocycles. The zero-order valence-electron chi connectivity index (χ0n) is 26.1. The fourth-order valence-electron chi connectivity index (χ4n) is 7.69. The second kappa shape index (κ2) is 10.5. The summed E-state index contributed by atoms with van der Waals surface area (Å²) in [5.74, 6) is 0. The third kappa shape index (κ3) is 3.91. The highest BCUT2D eigenvalue weighted by molar-refractivity contribution is 6.14. The standard InChI is InChI=1S/C45H29N3/c1-2-16-31(17-3-1)48-41-27-12-8-23-37(41)43-36-22-7-11-26-40(36)47(42-28-13-9-24-38(42)45(43)48)32-18-14-15-30(29-32)44-35-21-5-4-19-33(35)34-20-6-10-25-39(34)46-44/h1-29H. The lowest BCUT2D eigenvalue weighted by atomic mass is 9.98. The van der Waals surface area contributed by atoms with E-state index in [4.69, 9.17) is 4.98 Å². The van der Waals surface area contributed by atoms with E-state index in [0.29, 0.717) is 0 Å². The Morgan fingerprint density at radius 1 is 0.417 bits per heavy atom. The van der Waals surface area contributed by atoms with Crippen molar-refractivity contribution in [3.05, 3.63) is 176 Å². The zero-order chi connectivity index (χ0) is 31.6. The van der Waals surface area contributed by atoms with Crippen LogP contribution in [0.5, 0.6) is 0 Å². The first kappa shape index (κ1) is 26.7. The Kier molecular flexibility index (Phi) is 5.87. The summed E-state index contributed by atoms with van der Waals surface area (Å²) in [5.41, 5.74) is 13.6. The normalized spacial score (nSPS) is 12.1. The number of nitrogens with zero attached hydrogens (tertiary/aromatic N) is 3. The average molecular weight is 612 g/mol. The molecule has 0 amide bonds. The van der Waals surface area contributed by atoms with E-state index in [-0.39, 0.29) is 0 Å². The molecule has 0 N–H and O–H groups in total. The number of aromatic nitrogens is 2. The van der Waals surface area contributed by atoms with Crippen LogP contribution in [0.15, 0.2) is 176 Å². The number of para-hydroxylation sites is 5. The van der Waals surface area contributed by atoms with Gasteiger partial charge >= 0.3 is 0 Å². The van der Waals surface area contributed by atoms with Gasteiger partial charge < -0.3 is 9.47 Å². The molecule has 3 nitrogen and oxygen atoms in total. The molecule has 2 aromatic heterocycles. The largest absolute Gasteiger partial charge is 0.309 e. The third-order valence-corrected chi connectivity index (χ3v) is 9.69. The minimum absolute atomic E-state index is 0.993. The summed E-state index contributed by atoms with van der Waals surface area (Å²) < 4.78 is 2.44. The minimum Gasteiger partial charge on any atom is -0.309 e. The summed E-state index contributed by atoms with van der Waals surface area (Å²) in [4.78, 5) is 7.68. The minimum atomic E-state index is 0.993. The average Bonchev–Trinajstić information content (AvgIpc) is 3.44. The lowest BCUT2D eigenvalue weighted by molar-refractivity contribution is 1.13. The van der Waals surface area contributed by atoms with E-state index < -0.39 is 0 Å². The van der Waals surface area contributed by atoms with E-state index in [0.717, 1.165) is 44.9 Å². The van der Waals surface area contributed by atoms with Crippen LogP contribution in [0.1, 0.15) is 0 Å². The van der Waals surface area contributed by atoms with Crippen LogP contribution in [0.4, 0.5) is 17.1 Å². The summed E-state index contributed by atoms with van der Waals surface area (Å²) >= 11 is 0. The molecule has 0 unspecified atom stereocenters. The monoisotopic (exact) mass is 611 g/mol. The molecule has 10 rings (SSSR count). The first-order valence-electron chi connectivity index (χ1n) is 16.4. The molecule has 48 heavy (non-hydrogen) atoms. The van der Waals surface area contributed by atoms with Gasteiger partial charge in [-0.3, -0.25) is 0 Å². The van der Waals surface area contributed by atoms with E-state index in [1.807, 2.05) is 0 Å². The molecular weight excluding hydrogens is 583 g/mol. The van der Waals surface area contributed by atoms with Crippen LogP contribution in [0, 0.1) is 0 Å². The van der Waals surface area contributed by atoms with Gasteiger partial charge in [-0.2, -0.15) is 0 Å². The van der Waals surface area contributed by atoms with E-state index in [1.165, 1.54) is 44.1 Å². The van der Waals surface area contributed by atoms with Crippen LogP contribution in [-0.2, 0) is 0 Å². The molecule has 3 heteroatoms. The van der Waals surface area contributed by atoms with Crippen molar-refractivity contribution < 1.29 is 0 Å². The van der Waals surface area contributed by atoms with E-state index in [2.05, 4.69) is 185 Å². The van der Waals surface area contributed by atoms with Crippen molar-refractivity contribution in [2.75, 3.05) is 4.90 Å². The summed E-state index contributed by atoms with van der Waals surface area (Å²) in [6.45, 7) is 0. The molecule has 0 atom stereocenters. The van der Waals surface area contributed by atoms with E-state index >= 15 is 0 Å². The van der Waals surface area contributed by atoms with Gasteiger partial charge in [0.15, 0.2) is 0 Å². The lowest BCUT2D eigenvalue weighted by Gasteiger charge is -2.28. The van der Waals surface area contributed by atoms with Crippen molar-refractivity contribution in [2.24, 2.45) is 0 Å². The van der Waals surface area contributed by atoms with Crippen molar-refractivity contribution in [3.8, 4) is 39.3 Å². The Balaban J connectivity index is 1.26. The Morgan fingerprint density at radius 3 is 1.85 bits per heavy atom. The Labute approximate surface area is 278 Å². The van der Waals surface area contributed by atoms with Gasteiger partial charge in [-0.15, -0.1) is 0 Å².